The summed E-state index contributed by atoms with van der Waals surface area (Å²) >= 11 is 0. The maximum absolute atomic E-state index is 5.56. The molecular formula is C15H21NO. The highest BCUT2D eigenvalue weighted by Crippen LogP contribution is 2.22. The van der Waals surface area contributed by atoms with E-state index < -0.39 is 0 Å². The van der Waals surface area contributed by atoms with E-state index in [2.05, 4.69) is 44.3 Å². The summed E-state index contributed by atoms with van der Waals surface area (Å²) in [5, 5.41) is 3.52. The topological polar surface area (TPSA) is 21.3 Å². The standard InChI is InChI=1S/C15H21NO/c1-11-8-12(2)15(13(3)9-11)16-10-14-6-4-5-7-17-14/h5,7-9,14,16H,4,6,10H2,1-3H3. The van der Waals surface area contributed by atoms with Crippen LogP contribution in [0.2, 0.25) is 0 Å². The van der Waals surface area contributed by atoms with Crippen molar-refractivity contribution in [1.82, 2.24) is 0 Å². The molecule has 2 heteroatoms. The van der Waals surface area contributed by atoms with Crippen LogP contribution in [-0.2, 0) is 4.74 Å². The SMILES string of the molecule is Cc1cc(C)c(NCC2CCC=CO2)c(C)c1. The van der Waals surface area contributed by atoms with Crippen LogP contribution in [0.5, 0.6) is 0 Å². The fraction of sp³-hybridized carbons (Fsp3) is 0.467. The predicted molar refractivity (Wildman–Crippen MR) is 72.4 cm³/mol. The van der Waals surface area contributed by atoms with Gasteiger partial charge in [0, 0.05) is 5.69 Å². The highest BCUT2D eigenvalue weighted by molar-refractivity contribution is 5.58. The van der Waals surface area contributed by atoms with Gasteiger partial charge in [-0.15, -0.1) is 0 Å². The average Bonchev–Trinajstić information content (AvgIpc) is 2.29. The fourth-order valence-corrected chi connectivity index (χ4v) is 2.41. The number of nitrogens with one attached hydrogen (secondary N) is 1. The molecule has 0 bridgehead atoms. The first-order chi connectivity index (χ1) is 8.16. The van der Waals surface area contributed by atoms with Crippen LogP contribution in [0.4, 0.5) is 5.69 Å². The molecule has 2 nitrogen and oxygen atoms in total. The van der Waals surface area contributed by atoms with Gasteiger partial charge < -0.3 is 10.1 Å². The lowest BCUT2D eigenvalue weighted by Crippen LogP contribution is -2.23. The highest BCUT2D eigenvalue weighted by atomic mass is 16.5. The summed E-state index contributed by atoms with van der Waals surface area (Å²) in [6.07, 6.45) is 6.44. The van der Waals surface area contributed by atoms with E-state index in [0.29, 0.717) is 6.10 Å². The number of benzene rings is 1. The normalized spacial score (nSPS) is 18.9. The van der Waals surface area contributed by atoms with Gasteiger partial charge in [0.25, 0.3) is 0 Å². The predicted octanol–water partition coefficient (Wildman–Crippen LogP) is 3.72. The number of anilines is 1. The Balaban J connectivity index is 2.01. The van der Waals surface area contributed by atoms with Crippen LogP contribution in [0.1, 0.15) is 29.5 Å². The van der Waals surface area contributed by atoms with Crippen LogP contribution in [0.15, 0.2) is 24.5 Å². The summed E-state index contributed by atoms with van der Waals surface area (Å²) in [6.45, 7) is 7.34. The maximum atomic E-state index is 5.56. The molecule has 1 aliphatic rings. The molecule has 1 aromatic carbocycles. The molecule has 1 unspecified atom stereocenters. The van der Waals surface area contributed by atoms with Crippen molar-refractivity contribution in [1.29, 1.82) is 0 Å². The van der Waals surface area contributed by atoms with Crippen molar-refractivity contribution >= 4 is 5.69 Å². The molecule has 17 heavy (non-hydrogen) atoms. The van der Waals surface area contributed by atoms with E-state index in [4.69, 9.17) is 4.74 Å². The molecule has 0 aromatic heterocycles. The molecule has 1 heterocycles. The zero-order chi connectivity index (χ0) is 12.3. The molecule has 2 rings (SSSR count). The number of hydrogen-bond donors (Lipinski definition) is 1. The van der Waals surface area contributed by atoms with Crippen molar-refractivity contribution in [2.45, 2.75) is 39.7 Å². The largest absolute Gasteiger partial charge is 0.497 e. The number of hydrogen-bond acceptors (Lipinski definition) is 2. The van der Waals surface area contributed by atoms with Gasteiger partial charge >= 0.3 is 0 Å². The van der Waals surface area contributed by atoms with Gasteiger partial charge in [0.2, 0.25) is 0 Å². The molecular weight excluding hydrogens is 210 g/mol. The minimum atomic E-state index is 0.306. The second-order valence-corrected chi connectivity index (χ2v) is 4.86. The van der Waals surface area contributed by atoms with Crippen LogP contribution in [0.3, 0.4) is 0 Å². The number of ether oxygens (including phenoxy) is 1. The third-order valence-corrected chi connectivity index (χ3v) is 3.21. The Labute approximate surface area is 104 Å². The van der Waals surface area contributed by atoms with Crippen LogP contribution in [0.25, 0.3) is 0 Å². The van der Waals surface area contributed by atoms with Crippen molar-refractivity contribution in [3.63, 3.8) is 0 Å². The molecule has 1 N–H and O–H groups in total. The van der Waals surface area contributed by atoms with Crippen molar-refractivity contribution < 1.29 is 4.74 Å². The molecule has 0 saturated heterocycles. The first-order valence-electron chi connectivity index (χ1n) is 6.29. The summed E-state index contributed by atoms with van der Waals surface area (Å²) in [7, 11) is 0. The van der Waals surface area contributed by atoms with E-state index in [1.165, 1.54) is 22.4 Å². The molecule has 0 fully saturated rings. The van der Waals surface area contributed by atoms with E-state index in [9.17, 15) is 0 Å². The van der Waals surface area contributed by atoms with E-state index in [-0.39, 0.29) is 0 Å². The Morgan fingerprint density at radius 3 is 2.53 bits per heavy atom. The number of rotatable bonds is 3. The van der Waals surface area contributed by atoms with Gasteiger partial charge in [-0.05, 0) is 50.8 Å². The zero-order valence-corrected chi connectivity index (χ0v) is 10.9. The van der Waals surface area contributed by atoms with Gasteiger partial charge in [-0.2, -0.15) is 0 Å². The molecule has 0 aliphatic carbocycles. The summed E-state index contributed by atoms with van der Waals surface area (Å²) in [6, 6.07) is 4.44. The van der Waals surface area contributed by atoms with Gasteiger partial charge in [0.05, 0.1) is 12.8 Å². The van der Waals surface area contributed by atoms with Gasteiger partial charge in [0.1, 0.15) is 6.10 Å². The number of aryl methyl sites for hydroxylation is 3. The van der Waals surface area contributed by atoms with E-state index in [1.807, 2.05) is 6.26 Å². The van der Waals surface area contributed by atoms with E-state index in [0.717, 1.165) is 19.4 Å². The van der Waals surface area contributed by atoms with Crippen molar-refractivity contribution in [2.75, 3.05) is 11.9 Å². The Hall–Kier alpha value is -1.44. The first kappa shape index (κ1) is 12.0. The third kappa shape index (κ3) is 3.02. The van der Waals surface area contributed by atoms with Crippen LogP contribution in [-0.4, -0.2) is 12.6 Å². The second-order valence-electron chi connectivity index (χ2n) is 4.86. The first-order valence-corrected chi connectivity index (χ1v) is 6.29. The lowest BCUT2D eigenvalue weighted by Gasteiger charge is -2.22. The van der Waals surface area contributed by atoms with Crippen molar-refractivity contribution in [2.24, 2.45) is 0 Å². The van der Waals surface area contributed by atoms with E-state index >= 15 is 0 Å². The lowest BCUT2D eigenvalue weighted by atomic mass is 10.0. The molecule has 1 aromatic rings. The quantitative estimate of drug-likeness (QED) is 0.856. The molecule has 1 aliphatic heterocycles. The van der Waals surface area contributed by atoms with Crippen LogP contribution >= 0.6 is 0 Å². The van der Waals surface area contributed by atoms with Gasteiger partial charge in [-0.3, -0.25) is 0 Å². The van der Waals surface area contributed by atoms with Crippen LogP contribution in [0, 0.1) is 20.8 Å². The summed E-state index contributed by atoms with van der Waals surface area (Å²) in [5.41, 5.74) is 5.21. The Kier molecular flexibility index (Phi) is 3.72. The third-order valence-electron chi connectivity index (χ3n) is 3.21. The summed E-state index contributed by atoms with van der Waals surface area (Å²) in [5.74, 6) is 0. The average molecular weight is 231 g/mol. The molecule has 0 radical (unpaired) electrons. The molecule has 0 amide bonds. The smallest absolute Gasteiger partial charge is 0.115 e. The Morgan fingerprint density at radius 1 is 1.24 bits per heavy atom. The zero-order valence-electron chi connectivity index (χ0n) is 10.9. The van der Waals surface area contributed by atoms with Gasteiger partial charge in [0.15, 0.2) is 0 Å². The molecule has 92 valence electrons. The minimum absolute atomic E-state index is 0.306. The molecule has 0 spiro atoms. The Morgan fingerprint density at radius 2 is 1.94 bits per heavy atom. The van der Waals surface area contributed by atoms with Gasteiger partial charge in [-0.1, -0.05) is 17.7 Å². The summed E-state index contributed by atoms with van der Waals surface area (Å²) < 4.78 is 5.56. The fourth-order valence-electron chi connectivity index (χ4n) is 2.41. The van der Waals surface area contributed by atoms with Gasteiger partial charge in [-0.25, -0.2) is 0 Å². The summed E-state index contributed by atoms with van der Waals surface area (Å²) in [4.78, 5) is 0. The molecule has 1 atom stereocenters. The Bertz CT molecular complexity index is 400. The van der Waals surface area contributed by atoms with Crippen molar-refractivity contribution in [3.8, 4) is 0 Å². The lowest BCUT2D eigenvalue weighted by molar-refractivity contribution is 0.135. The number of allylic oxidation sites excluding steroid dienone is 1. The molecule has 0 saturated carbocycles. The van der Waals surface area contributed by atoms with E-state index in [1.54, 1.807) is 0 Å². The monoisotopic (exact) mass is 231 g/mol. The second kappa shape index (κ2) is 5.26. The van der Waals surface area contributed by atoms with Crippen molar-refractivity contribution in [3.05, 3.63) is 41.2 Å². The highest BCUT2D eigenvalue weighted by Gasteiger charge is 2.11. The minimum Gasteiger partial charge on any atom is -0.497 e. The van der Waals surface area contributed by atoms with Crippen LogP contribution < -0.4 is 5.32 Å². The maximum Gasteiger partial charge on any atom is 0.115 e.